The fourth-order valence-corrected chi connectivity index (χ4v) is 1.56. The predicted molar refractivity (Wildman–Crippen MR) is 62.9 cm³/mol. The smallest absolute Gasteiger partial charge is 0.401 e. The van der Waals surface area contributed by atoms with Crippen LogP contribution in [-0.2, 0) is 0 Å². The summed E-state index contributed by atoms with van der Waals surface area (Å²) in [6, 6.07) is 5.17. The van der Waals surface area contributed by atoms with Crippen molar-refractivity contribution in [3.05, 3.63) is 29.3 Å². The summed E-state index contributed by atoms with van der Waals surface area (Å²) in [6.07, 6.45) is -4.56. The second-order valence-electron chi connectivity index (χ2n) is 4.18. The van der Waals surface area contributed by atoms with E-state index in [-0.39, 0.29) is 0 Å². The van der Waals surface area contributed by atoms with Crippen LogP contribution >= 0.6 is 0 Å². The van der Waals surface area contributed by atoms with Crippen molar-refractivity contribution in [3.63, 3.8) is 0 Å². The molecule has 1 atom stereocenters. The van der Waals surface area contributed by atoms with Crippen LogP contribution < -0.4 is 10.5 Å². The maximum absolute atomic E-state index is 12.5. The molecule has 0 radical (unpaired) electrons. The van der Waals surface area contributed by atoms with Gasteiger partial charge in [-0.3, -0.25) is 5.41 Å². The van der Waals surface area contributed by atoms with Crippen LogP contribution in [0.4, 0.5) is 13.2 Å². The third-order valence-electron chi connectivity index (χ3n) is 2.38. The third kappa shape index (κ3) is 3.94. The van der Waals surface area contributed by atoms with Gasteiger partial charge in [0.15, 0.2) is 0 Å². The van der Waals surface area contributed by atoms with Crippen LogP contribution in [0.3, 0.4) is 0 Å². The number of aryl methyl sites for hydroxylation is 2. The van der Waals surface area contributed by atoms with Crippen molar-refractivity contribution in [1.29, 1.82) is 5.41 Å². The van der Waals surface area contributed by atoms with Gasteiger partial charge in [0.05, 0.1) is 0 Å². The number of hydrogen-bond acceptors (Lipinski definition) is 2. The van der Waals surface area contributed by atoms with E-state index < -0.39 is 24.5 Å². The van der Waals surface area contributed by atoms with Gasteiger partial charge in [-0.25, -0.2) is 0 Å². The Hall–Kier alpha value is -1.72. The van der Waals surface area contributed by atoms with Crippen LogP contribution in [0, 0.1) is 25.2 Å². The molecular weight excluding hydrogens is 245 g/mol. The summed E-state index contributed by atoms with van der Waals surface area (Å²) < 4.78 is 42.7. The molecule has 0 heterocycles. The summed E-state index contributed by atoms with van der Waals surface area (Å²) in [6.45, 7) is 2.97. The van der Waals surface area contributed by atoms with Crippen molar-refractivity contribution in [3.8, 4) is 5.75 Å². The monoisotopic (exact) mass is 260 g/mol. The first-order valence-corrected chi connectivity index (χ1v) is 5.32. The lowest BCUT2D eigenvalue weighted by Crippen LogP contribution is -2.39. The fourth-order valence-electron chi connectivity index (χ4n) is 1.56. The lowest BCUT2D eigenvalue weighted by molar-refractivity contribution is -0.162. The highest BCUT2D eigenvalue weighted by Gasteiger charge is 2.42. The van der Waals surface area contributed by atoms with Gasteiger partial charge < -0.3 is 10.5 Å². The molecule has 0 aliphatic carbocycles. The molecule has 18 heavy (non-hydrogen) atoms. The molecule has 0 spiro atoms. The molecule has 0 saturated carbocycles. The van der Waals surface area contributed by atoms with Gasteiger partial charge in [-0.2, -0.15) is 13.2 Å². The number of halogens is 3. The Bertz CT molecular complexity index is 423. The van der Waals surface area contributed by atoms with Crippen LogP contribution in [0.25, 0.3) is 0 Å². The maximum atomic E-state index is 12.5. The van der Waals surface area contributed by atoms with E-state index in [0.29, 0.717) is 5.75 Å². The summed E-state index contributed by atoms with van der Waals surface area (Å²) in [7, 11) is 0. The largest absolute Gasteiger partial charge is 0.492 e. The molecule has 100 valence electrons. The van der Waals surface area contributed by atoms with Crippen molar-refractivity contribution in [2.24, 2.45) is 11.7 Å². The molecule has 1 unspecified atom stereocenters. The number of hydrogen-bond donors (Lipinski definition) is 2. The van der Waals surface area contributed by atoms with Gasteiger partial charge >= 0.3 is 6.18 Å². The Morgan fingerprint density at radius 2 is 1.78 bits per heavy atom. The fraction of sp³-hybridized carbons (Fsp3) is 0.417. The molecule has 0 bridgehead atoms. The van der Waals surface area contributed by atoms with Gasteiger partial charge in [0.25, 0.3) is 0 Å². The Labute approximate surface area is 103 Å². The summed E-state index contributed by atoms with van der Waals surface area (Å²) in [4.78, 5) is 0. The first kappa shape index (κ1) is 14.3. The number of alkyl halides is 3. The number of nitrogens with two attached hydrogens (primary N) is 1. The lowest BCUT2D eigenvalue weighted by Gasteiger charge is -2.19. The highest BCUT2D eigenvalue weighted by atomic mass is 19.4. The van der Waals surface area contributed by atoms with Crippen LogP contribution in [0.15, 0.2) is 18.2 Å². The Kier molecular flexibility index (Phi) is 4.21. The topological polar surface area (TPSA) is 59.1 Å². The van der Waals surface area contributed by atoms with Crippen LogP contribution in [0.2, 0.25) is 0 Å². The van der Waals surface area contributed by atoms with Gasteiger partial charge in [0, 0.05) is 0 Å². The van der Waals surface area contributed by atoms with Crippen LogP contribution in [0.5, 0.6) is 5.75 Å². The normalized spacial score (nSPS) is 13.2. The number of rotatable bonds is 4. The molecule has 3 nitrogen and oxygen atoms in total. The zero-order chi connectivity index (χ0) is 13.9. The average molecular weight is 260 g/mol. The van der Waals surface area contributed by atoms with E-state index >= 15 is 0 Å². The molecule has 0 aromatic heterocycles. The molecule has 3 N–H and O–H groups in total. The second-order valence-corrected chi connectivity index (χ2v) is 4.18. The van der Waals surface area contributed by atoms with Gasteiger partial charge in [-0.15, -0.1) is 0 Å². The van der Waals surface area contributed by atoms with E-state index in [4.69, 9.17) is 15.9 Å². The quantitative estimate of drug-likeness (QED) is 0.646. The molecule has 0 aliphatic heterocycles. The Morgan fingerprint density at radius 3 is 2.17 bits per heavy atom. The van der Waals surface area contributed by atoms with E-state index in [1.54, 1.807) is 12.1 Å². The minimum atomic E-state index is -4.56. The summed E-state index contributed by atoms with van der Waals surface area (Å²) in [5.41, 5.74) is 6.73. The molecule has 0 fully saturated rings. The highest BCUT2D eigenvalue weighted by Crippen LogP contribution is 2.27. The van der Waals surface area contributed by atoms with E-state index in [2.05, 4.69) is 0 Å². The molecule has 1 rings (SSSR count). The summed E-state index contributed by atoms with van der Waals surface area (Å²) in [5.74, 6) is -2.66. The van der Waals surface area contributed by atoms with Crippen LogP contribution in [-0.4, -0.2) is 18.6 Å². The molecule has 0 aliphatic rings. The zero-order valence-corrected chi connectivity index (χ0v) is 10.1. The Balaban J connectivity index is 2.76. The van der Waals surface area contributed by atoms with Crippen molar-refractivity contribution in [2.75, 3.05) is 6.61 Å². The summed E-state index contributed by atoms with van der Waals surface area (Å²) in [5, 5.41) is 6.94. The number of benzene rings is 1. The van der Waals surface area contributed by atoms with E-state index in [1.807, 2.05) is 19.9 Å². The highest BCUT2D eigenvalue weighted by molar-refractivity contribution is 5.80. The second kappa shape index (κ2) is 5.29. The molecule has 0 saturated heterocycles. The van der Waals surface area contributed by atoms with Crippen molar-refractivity contribution in [2.45, 2.75) is 20.0 Å². The lowest BCUT2D eigenvalue weighted by atomic mass is 10.1. The molecule has 1 aromatic carbocycles. The molecular formula is C12H15F3N2O. The molecule has 1 aromatic rings. The number of amidine groups is 1. The van der Waals surface area contributed by atoms with Gasteiger partial charge in [-0.1, -0.05) is 6.07 Å². The van der Waals surface area contributed by atoms with Crippen molar-refractivity contribution in [1.82, 2.24) is 0 Å². The van der Waals surface area contributed by atoms with Gasteiger partial charge in [0.1, 0.15) is 24.1 Å². The standard InChI is InChI=1S/C12H15F3N2O/c1-7-3-8(2)5-9(4-7)18-6-10(11(16)17)12(13,14)15/h3-5,10H,6H2,1-2H3,(H3,16,17). The zero-order valence-electron chi connectivity index (χ0n) is 10.1. The average Bonchev–Trinajstić information content (AvgIpc) is 2.12. The maximum Gasteiger partial charge on any atom is 0.401 e. The first-order valence-electron chi connectivity index (χ1n) is 5.32. The summed E-state index contributed by atoms with van der Waals surface area (Å²) >= 11 is 0. The van der Waals surface area contributed by atoms with Crippen LogP contribution in [0.1, 0.15) is 11.1 Å². The Morgan fingerprint density at radius 1 is 1.28 bits per heavy atom. The van der Waals surface area contributed by atoms with E-state index in [1.165, 1.54) is 0 Å². The van der Waals surface area contributed by atoms with Gasteiger partial charge in [0.2, 0.25) is 0 Å². The third-order valence-corrected chi connectivity index (χ3v) is 2.38. The molecule has 0 amide bonds. The number of ether oxygens (including phenoxy) is 1. The van der Waals surface area contributed by atoms with E-state index in [9.17, 15) is 13.2 Å². The SMILES string of the molecule is Cc1cc(C)cc(OCC(C(=N)N)C(F)(F)F)c1. The number of nitrogens with one attached hydrogen (secondary N) is 1. The first-order chi connectivity index (χ1) is 8.20. The predicted octanol–water partition coefficient (Wildman–Crippen LogP) is 2.80. The minimum Gasteiger partial charge on any atom is -0.492 e. The minimum absolute atomic E-state index is 0.350. The van der Waals surface area contributed by atoms with Crippen molar-refractivity contribution >= 4 is 5.84 Å². The molecule has 6 heteroatoms. The van der Waals surface area contributed by atoms with E-state index in [0.717, 1.165) is 11.1 Å². The van der Waals surface area contributed by atoms with Gasteiger partial charge in [-0.05, 0) is 37.1 Å². The van der Waals surface area contributed by atoms with Crippen molar-refractivity contribution < 1.29 is 17.9 Å².